The number of carboxylic acids is 1. The van der Waals surface area contributed by atoms with E-state index in [1.54, 1.807) is 18.3 Å². The highest BCUT2D eigenvalue weighted by molar-refractivity contribution is 5.97. The van der Waals surface area contributed by atoms with Crippen LogP contribution in [0.3, 0.4) is 0 Å². The number of aliphatic carboxylic acids is 1. The van der Waals surface area contributed by atoms with Crippen LogP contribution in [-0.2, 0) is 38.6 Å². The van der Waals surface area contributed by atoms with Gasteiger partial charge in [0.25, 0.3) is 0 Å². The molecule has 12 N–H and O–H groups in total. The highest BCUT2D eigenvalue weighted by atomic mass is 16.7. The van der Waals surface area contributed by atoms with Gasteiger partial charge < -0.3 is 89.9 Å². The average Bonchev–Trinajstić information content (AvgIpc) is 4.17. The summed E-state index contributed by atoms with van der Waals surface area (Å²) in [6.07, 6.45) is -9.36. The van der Waals surface area contributed by atoms with Gasteiger partial charge in [-0.3, -0.25) is 9.59 Å². The van der Waals surface area contributed by atoms with Crippen LogP contribution in [-0.4, -0.2) is 125 Å². The lowest BCUT2D eigenvalue weighted by Crippen LogP contribution is -2.75. The summed E-state index contributed by atoms with van der Waals surface area (Å²) in [5.41, 5.74) is 13.1. The molecule has 13 rings (SSSR count). The Morgan fingerprint density at radius 2 is 1.80 bits per heavy atom. The van der Waals surface area contributed by atoms with Crippen LogP contribution in [0, 0.1) is 40.9 Å². The van der Waals surface area contributed by atoms with Crippen LogP contribution >= 0.6 is 0 Å². The van der Waals surface area contributed by atoms with Gasteiger partial charge in [0.1, 0.15) is 54.7 Å². The quantitative estimate of drug-likeness (QED) is 0.0456. The number of fused-ring (bicyclic) bond motifs is 10. The first kappa shape index (κ1) is 48.1. The maximum atomic E-state index is 13.6. The van der Waals surface area contributed by atoms with Crippen molar-refractivity contribution in [2.45, 2.75) is 118 Å². The molecule has 74 heavy (non-hydrogen) atoms. The number of aromatic amines is 1. The summed E-state index contributed by atoms with van der Waals surface area (Å²) in [6.45, 7) is -1.24. The Hall–Kier alpha value is -6.82. The van der Waals surface area contributed by atoms with Crippen molar-refractivity contribution >= 4 is 22.8 Å². The zero-order valence-corrected chi connectivity index (χ0v) is 39.6. The van der Waals surface area contributed by atoms with E-state index in [0.29, 0.717) is 45.6 Å². The second-order valence-corrected chi connectivity index (χ2v) is 20.3. The number of hydrogen-bond acceptors (Lipinski definition) is 17. The van der Waals surface area contributed by atoms with Crippen LogP contribution in [0.25, 0.3) is 10.9 Å². The molecule has 3 aromatic carbocycles. The number of aromatic nitrogens is 2. The maximum Gasteiger partial charge on any atom is 0.333 e. The lowest BCUT2D eigenvalue weighted by Gasteiger charge is -2.55. The number of H-pyrrole nitrogens is 1. The summed E-state index contributed by atoms with van der Waals surface area (Å²) in [4.78, 5) is 29.2. The van der Waals surface area contributed by atoms with E-state index >= 15 is 0 Å². The number of carbonyl (C=O) groups is 2. The van der Waals surface area contributed by atoms with Crippen LogP contribution in [0.15, 0.2) is 67.0 Å². The SMILES string of the molecule is NC(N)C1OC(=O)C(C(=O)O)C#CCC2CCC3(Cc4c(cc5c(c4Cn4cc6cc[nH]c6c4CO)C4Oc6c7ccc(OCO)c6OCC(O)C#CC(c6ccccc6)C(O5)C74)OC4OC1C(O)C(O)C43O)C2. The van der Waals surface area contributed by atoms with Crippen LogP contribution < -0.4 is 35.2 Å². The number of benzene rings is 3. The molecule has 1 spiro atoms. The monoisotopic (exact) mass is 1010 g/mol. The molecule has 0 radical (unpaired) electrons. The van der Waals surface area contributed by atoms with Gasteiger partial charge in [-0.1, -0.05) is 54.2 Å². The van der Waals surface area contributed by atoms with Gasteiger partial charge >= 0.3 is 11.9 Å². The number of hydrogen-bond donors (Lipinski definition) is 10. The minimum atomic E-state index is -2.39. The molecule has 14 unspecified atom stereocenters. The van der Waals surface area contributed by atoms with Gasteiger partial charge in [0.15, 0.2) is 30.0 Å². The molecule has 20 heteroatoms. The second-order valence-electron chi connectivity index (χ2n) is 20.3. The molecule has 9 heterocycles. The number of aliphatic hydroxyl groups is 6. The number of rotatable bonds is 8. The molecule has 1 saturated heterocycles. The summed E-state index contributed by atoms with van der Waals surface area (Å²) in [7, 11) is 0. The van der Waals surface area contributed by atoms with Crippen molar-refractivity contribution in [3.63, 3.8) is 0 Å². The number of nitrogens with one attached hydrogen (secondary N) is 1. The van der Waals surface area contributed by atoms with E-state index in [9.17, 15) is 45.3 Å². The zero-order valence-electron chi connectivity index (χ0n) is 39.6. The predicted octanol–water partition coefficient (Wildman–Crippen LogP) is 1.52. The summed E-state index contributed by atoms with van der Waals surface area (Å²) in [6, 6.07) is 16.5. The molecule has 1 saturated carbocycles. The summed E-state index contributed by atoms with van der Waals surface area (Å²) >= 11 is 0. The molecule has 386 valence electrons. The smallest absolute Gasteiger partial charge is 0.333 e. The fourth-order valence-corrected chi connectivity index (χ4v) is 12.8. The lowest BCUT2D eigenvalue weighted by molar-refractivity contribution is -0.356. The van der Waals surface area contributed by atoms with E-state index in [4.69, 9.17) is 44.6 Å². The lowest BCUT2D eigenvalue weighted by atomic mass is 9.61. The molecule has 5 aromatic rings. The third-order valence-corrected chi connectivity index (χ3v) is 16.3. The van der Waals surface area contributed by atoms with Crippen molar-refractivity contribution in [1.29, 1.82) is 0 Å². The molecule has 1 aliphatic carbocycles. The summed E-state index contributed by atoms with van der Waals surface area (Å²) in [5.74, 6) is 6.26. The van der Waals surface area contributed by atoms with E-state index in [0.717, 1.165) is 10.9 Å². The van der Waals surface area contributed by atoms with Gasteiger partial charge in [-0.2, -0.15) is 0 Å². The van der Waals surface area contributed by atoms with Crippen molar-refractivity contribution in [3.8, 4) is 52.4 Å². The molecular formula is C54H54N4O16. The van der Waals surface area contributed by atoms with Crippen molar-refractivity contribution in [2.24, 2.45) is 28.7 Å². The first-order valence-electron chi connectivity index (χ1n) is 24.6. The van der Waals surface area contributed by atoms with Crippen LogP contribution in [0.1, 0.15) is 77.1 Å². The Bertz CT molecular complexity index is 3190. The van der Waals surface area contributed by atoms with Gasteiger partial charge in [0.2, 0.25) is 18.0 Å². The fourth-order valence-electron chi connectivity index (χ4n) is 12.8. The first-order valence-corrected chi connectivity index (χ1v) is 24.6. The minimum absolute atomic E-state index is 0.00641. The maximum absolute atomic E-state index is 13.6. The number of ether oxygens (including phenoxy) is 7. The number of carbonyl (C=O) groups excluding carboxylic acids is 1. The number of esters is 1. The van der Waals surface area contributed by atoms with Crippen LogP contribution in [0.2, 0.25) is 0 Å². The van der Waals surface area contributed by atoms with Gasteiger partial charge in [0.05, 0.1) is 35.8 Å². The normalized spacial score (nSPS) is 33.3. The Morgan fingerprint density at radius 1 is 0.973 bits per heavy atom. The van der Waals surface area contributed by atoms with Gasteiger partial charge in [0, 0.05) is 58.9 Å². The molecular weight excluding hydrogens is 961 g/mol. The summed E-state index contributed by atoms with van der Waals surface area (Å²) in [5, 5.41) is 81.3. The Labute approximate surface area is 422 Å². The molecule has 2 fully saturated rings. The Morgan fingerprint density at radius 3 is 2.57 bits per heavy atom. The number of nitrogens with two attached hydrogens (primary N) is 2. The third kappa shape index (κ3) is 7.42. The van der Waals surface area contributed by atoms with Crippen molar-refractivity contribution in [3.05, 3.63) is 101 Å². The van der Waals surface area contributed by atoms with Crippen molar-refractivity contribution in [2.75, 3.05) is 13.4 Å². The molecule has 0 amide bonds. The number of aliphatic hydroxyl groups excluding tert-OH is 5. The van der Waals surface area contributed by atoms with E-state index in [-0.39, 0.29) is 74.4 Å². The second kappa shape index (κ2) is 18.2. The molecule has 8 aliphatic rings. The fraction of sp³-hybridized carbons (Fsp3) is 0.444. The van der Waals surface area contributed by atoms with E-state index in [1.165, 1.54) is 0 Å². The van der Waals surface area contributed by atoms with Crippen molar-refractivity contribution < 1.29 is 78.5 Å². The van der Waals surface area contributed by atoms with Crippen molar-refractivity contribution in [1.82, 2.24) is 9.55 Å². The zero-order chi connectivity index (χ0) is 51.4. The molecule has 14 atom stereocenters. The first-order chi connectivity index (χ1) is 35.7. The standard InChI is InChI=1S/C54H54N4O16/c55-49(56)47-46-41(62)48(63)54(67)52(74-46)71-36-17-37-38(45-39-30-11-12-35(69-24-60)44(43(30)72-45)68-23-28(61)9-10-29(42(39)70-37)26-6-2-1-3-7-26)33(21-58-20-27-14-16-57-40(27)34(58)22-59)32(36)19-53(54)15-13-25(18-53)5-4-8-31(50(64)65)51(66)73-47/h1-3,6-7,11-12,14,16-17,20,25,28-29,31,39,41-42,45-49,52,57,59-63,67H,5,13,15,18-19,21-24,55-56H2,(H,64,65). The van der Waals surface area contributed by atoms with Crippen LogP contribution in [0.4, 0.5) is 0 Å². The Balaban J connectivity index is 1.10. The summed E-state index contributed by atoms with van der Waals surface area (Å²) < 4.78 is 47.5. The highest BCUT2D eigenvalue weighted by Gasteiger charge is 2.70. The van der Waals surface area contributed by atoms with E-state index < -0.39 is 103 Å². The van der Waals surface area contributed by atoms with Crippen LogP contribution in [0.5, 0.6) is 28.7 Å². The largest absolute Gasteiger partial charge is 0.487 e. The third-order valence-electron chi connectivity index (χ3n) is 16.3. The minimum Gasteiger partial charge on any atom is -0.487 e. The Kier molecular flexibility index (Phi) is 11.9. The molecule has 7 aliphatic heterocycles. The van der Waals surface area contributed by atoms with Gasteiger partial charge in [-0.05, 0) is 54.9 Å². The molecule has 20 nitrogen and oxygen atoms in total. The van der Waals surface area contributed by atoms with Gasteiger partial charge in [-0.25, -0.2) is 0 Å². The topological polar surface area (TPSA) is 313 Å². The number of carboxylic acid groups (broad SMARTS) is 1. The highest BCUT2D eigenvalue weighted by Crippen LogP contribution is 2.64. The van der Waals surface area contributed by atoms with E-state index in [2.05, 4.69) is 28.7 Å². The molecule has 9 bridgehead atoms. The number of nitrogens with zero attached hydrogens (tertiary/aromatic N) is 1. The predicted molar refractivity (Wildman–Crippen MR) is 256 cm³/mol. The molecule has 2 aromatic heterocycles. The average molecular weight is 1020 g/mol. The van der Waals surface area contributed by atoms with E-state index in [1.807, 2.05) is 53.2 Å². The van der Waals surface area contributed by atoms with Gasteiger partial charge in [-0.15, -0.1) is 5.92 Å².